The number of imide groups is 1. The van der Waals surface area contributed by atoms with E-state index in [4.69, 9.17) is 4.74 Å². The molecule has 6 nitrogen and oxygen atoms in total. The summed E-state index contributed by atoms with van der Waals surface area (Å²) in [4.78, 5) is 39.1. The molecule has 6 heteroatoms. The van der Waals surface area contributed by atoms with E-state index in [1.807, 2.05) is 32.9 Å². The van der Waals surface area contributed by atoms with Gasteiger partial charge >= 0.3 is 6.09 Å². The Kier molecular flexibility index (Phi) is 3.83. The number of likely N-dealkylation sites (tertiary alicyclic amines) is 1. The van der Waals surface area contributed by atoms with Crippen LogP contribution < -0.4 is 0 Å². The Hall–Kier alpha value is -2.37. The molecule has 2 aliphatic rings. The van der Waals surface area contributed by atoms with E-state index in [0.717, 1.165) is 21.6 Å². The number of aryl methyl sites for hydroxylation is 3. The highest BCUT2D eigenvalue weighted by Gasteiger charge is 2.41. The second kappa shape index (κ2) is 5.68. The Morgan fingerprint density at radius 1 is 1.17 bits per heavy atom. The monoisotopic (exact) mass is 316 g/mol. The van der Waals surface area contributed by atoms with Crippen LogP contribution in [0.5, 0.6) is 0 Å². The van der Waals surface area contributed by atoms with Crippen LogP contribution in [0.4, 0.5) is 4.79 Å². The lowest BCUT2D eigenvalue weighted by Crippen LogP contribution is -2.42. The molecule has 0 saturated carbocycles. The summed E-state index contributed by atoms with van der Waals surface area (Å²) >= 11 is 0. The highest BCUT2D eigenvalue weighted by molar-refractivity contribution is 5.99. The summed E-state index contributed by atoms with van der Waals surface area (Å²) in [6.45, 7) is 6.58. The number of carbonyl (C=O) groups is 3. The van der Waals surface area contributed by atoms with Crippen molar-refractivity contribution in [1.29, 1.82) is 0 Å². The zero-order valence-corrected chi connectivity index (χ0v) is 13.6. The first-order valence-electron chi connectivity index (χ1n) is 7.74. The maximum atomic E-state index is 12.8. The maximum Gasteiger partial charge on any atom is 0.417 e. The number of carbonyl (C=O) groups excluding carboxylic acids is 3. The van der Waals surface area contributed by atoms with Crippen molar-refractivity contribution in [2.45, 2.75) is 33.2 Å². The van der Waals surface area contributed by atoms with E-state index in [9.17, 15) is 14.4 Å². The number of benzene rings is 1. The van der Waals surface area contributed by atoms with Crippen LogP contribution in [0, 0.1) is 20.8 Å². The van der Waals surface area contributed by atoms with Gasteiger partial charge in [-0.15, -0.1) is 0 Å². The fourth-order valence-electron chi connectivity index (χ4n) is 3.53. The van der Waals surface area contributed by atoms with Crippen molar-refractivity contribution in [3.05, 3.63) is 34.4 Å². The second-order valence-corrected chi connectivity index (χ2v) is 6.29. The summed E-state index contributed by atoms with van der Waals surface area (Å²) in [6, 6.07) is 3.71. The van der Waals surface area contributed by atoms with Gasteiger partial charge in [0.25, 0.3) is 11.8 Å². The van der Waals surface area contributed by atoms with Gasteiger partial charge in [0.15, 0.2) is 6.61 Å². The first-order chi connectivity index (χ1) is 10.9. The molecule has 3 rings (SSSR count). The lowest BCUT2D eigenvalue weighted by atomic mass is 9.99. The fraction of sp³-hybridized carbons (Fsp3) is 0.471. The number of amides is 3. The summed E-state index contributed by atoms with van der Waals surface area (Å²) < 4.78 is 4.76. The minimum Gasteiger partial charge on any atom is -0.439 e. The molecule has 3 amide bonds. The molecule has 2 heterocycles. The number of rotatable bonds is 2. The standard InChI is InChI=1S/C17H20N2O4/c1-10-6-11(2)15(12(3)7-10)16(21)18-5-4-13(8-18)19-14(20)9-23-17(19)22/h6-7,13H,4-5,8-9H2,1-3H3. The van der Waals surface area contributed by atoms with E-state index in [0.29, 0.717) is 25.1 Å². The summed E-state index contributed by atoms with van der Waals surface area (Å²) in [7, 11) is 0. The molecule has 1 aromatic carbocycles. The van der Waals surface area contributed by atoms with Gasteiger partial charge in [0, 0.05) is 18.7 Å². The van der Waals surface area contributed by atoms with E-state index in [-0.39, 0.29) is 24.5 Å². The van der Waals surface area contributed by atoms with E-state index >= 15 is 0 Å². The molecule has 0 aromatic heterocycles. The van der Waals surface area contributed by atoms with E-state index in [1.54, 1.807) is 4.90 Å². The van der Waals surface area contributed by atoms with Gasteiger partial charge in [-0.3, -0.25) is 9.59 Å². The molecule has 0 aliphatic carbocycles. The minimum atomic E-state index is -0.600. The lowest BCUT2D eigenvalue weighted by Gasteiger charge is -2.22. The first kappa shape index (κ1) is 15.5. The minimum absolute atomic E-state index is 0.0393. The maximum absolute atomic E-state index is 12.8. The zero-order valence-electron chi connectivity index (χ0n) is 13.6. The fourth-order valence-corrected chi connectivity index (χ4v) is 3.53. The first-order valence-corrected chi connectivity index (χ1v) is 7.74. The average Bonchev–Trinajstić information content (AvgIpc) is 3.04. The van der Waals surface area contributed by atoms with Crippen molar-refractivity contribution in [2.75, 3.05) is 19.7 Å². The highest BCUT2D eigenvalue weighted by Crippen LogP contribution is 2.24. The molecule has 1 unspecified atom stereocenters. The van der Waals surface area contributed by atoms with Crippen LogP contribution in [0.25, 0.3) is 0 Å². The van der Waals surface area contributed by atoms with Crippen molar-refractivity contribution < 1.29 is 19.1 Å². The van der Waals surface area contributed by atoms with Crippen LogP contribution >= 0.6 is 0 Å². The third-order valence-electron chi connectivity index (χ3n) is 4.49. The Balaban J connectivity index is 1.78. The predicted octanol–water partition coefficient (Wildman–Crippen LogP) is 1.81. The van der Waals surface area contributed by atoms with Crippen molar-refractivity contribution >= 4 is 17.9 Å². The molecule has 1 aromatic rings. The van der Waals surface area contributed by atoms with Gasteiger partial charge in [0.05, 0.1) is 6.04 Å². The third kappa shape index (κ3) is 2.69. The normalized spacial score (nSPS) is 21.1. The van der Waals surface area contributed by atoms with Gasteiger partial charge in [-0.25, -0.2) is 9.69 Å². The Bertz CT molecular complexity index is 659. The van der Waals surface area contributed by atoms with Crippen molar-refractivity contribution in [1.82, 2.24) is 9.80 Å². The Morgan fingerprint density at radius 2 is 1.83 bits per heavy atom. The van der Waals surface area contributed by atoms with Gasteiger partial charge in [-0.1, -0.05) is 17.7 Å². The largest absolute Gasteiger partial charge is 0.439 e. The SMILES string of the molecule is Cc1cc(C)c(C(=O)N2CCC(N3C(=O)COC3=O)C2)c(C)c1. The summed E-state index contributed by atoms with van der Waals surface area (Å²) in [5.41, 5.74) is 3.74. The second-order valence-electron chi connectivity index (χ2n) is 6.29. The molecule has 0 spiro atoms. The molecule has 1 atom stereocenters. The number of nitrogens with zero attached hydrogens (tertiary/aromatic N) is 2. The summed E-state index contributed by atoms with van der Waals surface area (Å²) in [5, 5.41) is 0. The number of cyclic esters (lactones) is 1. The molecule has 23 heavy (non-hydrogen) atoms. The van der Waals surface area contributed by atoms with Gasteiger partial charge in [-0.05, 0) is 38.3 Å². The van der Waals surface area contributed by atoms with Crippen LogP contribution in [0.1, 0.15) is 33.5 Å². The molecule has 0 radical (unpaired) electrons. The average molecular weight is 316 g/mol. The summed E-state index contributed by atoms with van der Waals surface area (Å²) in [5.74, 6) is -0.362. The molecule has 2 aliphatic heterocycles. The molecule has 0 N–H and O–H groups in total. The molecule has 0 bridgehead atoms. The van der Waals surface area contributed by atoms with Gasteiger partial charge in [-0.2, -0.15) is 0 Å². The Labute approximate surface area is 135 Å². The lowest BCUT2D eigenvalue weighted by molar-refractivity contribution is -0.127. The molecule has 2 fully saturated rings. The third-order valence-corrected chi connectivity index (χ3v) is 4.49. The topological polar surface area (TPSA) is 66.9 Å². The molecular weight excluding hydrogens is 296 g/mol. The zero-order chi connectivity index (χ0) is 16.7. The van der Waals surface area contributed by atoms with E-state index < -0.39 is 6.09 Å². The van der Waals surface area contributed by atoms with Crippen molar-refractivity contribution in [2.24, 2.45) is 0 Å². The highest BCUT2D eigenvalue weighted by atomic mass is 16.6. The van der Waals surface area contributed by atoms with Crippen molar-refractivity contribution in [3.63, 3.8) is 0 Å². The molecule has 2 saturated heterocycles. The van der Waals surface area contributed by atoms with E-state index in [1.165, 1.54) is 0 Å². The molecular formula is C17H20N2O4. The molecule has 122 valence electrons. The number of ether oxygens (including phenoxy) is 1. The smallest absolute Gasteiger partial charge is 0.417 e. The predicted molar refractivity (Wildman–Crippen MR) is 83.2 cm³/mol. The number of hydrogen-bond donors (Lipinski definition) is 0. The van der Waals surface area contributed by atoms with Crippen LogP contribution in [-0.2, 0) is 9.53 Å². The quantitative estimate of drug-likeness (QED) is 0.834. The van der Waals surface area contributed by atoms with Gasteiger partial charge < -0.3 is 9.64 Å². The van der Waals surface area contributed by atoms with Gasteiger partial charge in [0.2, 0.25) is 0 Å². The van der Waals surface area contributed by atoms with Crippen LogP contribution in [0.15, 0.2) is 12.1 Å². The summed E-state index contributed by atoms with van der Waals surface area (Å²) in [6.07, 6.45) is -0.00622. The van der Waals surface area contributed by atoms with Crippen LogP contribution in [-0.4, -0.2) is 53.4 Å². The van der Waals surface area contributed by atoms with Gasteiger partial charge in [0.1, 0.15) is 0 Å². The van der Waals surface area contributed by atoms with E-state index in [2.05, 4.69) is 0 Å². The van der Waals surface area contributed by atoms with Crippen LogP contribution in [0.2, 0.25) is 0 Å². The Morgan fingerprint density at radius 3 is 2.39 bits per heavy atom. The number of hydrogen-bond acceptors (Lipinski definition) is 4. The van der Waals surface area contributed by atoms with Crippen LogP contribution in [0.3, 0.4) is 0 Å². The van der Waals surface area contributed by atoms with Crippen molar-refractivity contribution in [3.8, 4) is 0 Å².